The molecule has 7 nitrogen and oxygen atoms in total. The molecule has 0 radical (unpaired) electrons. The molecular formula is C25H20O7. The molecular weight excluding hydrogens is 412 g/mol. The second kappa shape index (κ2) is 8.85. The maximum atomic E-state index is 12.8. The third-order valence-corrected chi connectivity index (χ3v) is 4.88. The van der Waals surface area contributed by atoms with Crippen LogP contribution in [-0.4, -0.2) is 33.1 Å². The van der Waals surface area contributed by atoms with Crippen LogP contribution in [-0.2, 0) is 0 Å². The van der Waals surface area contributed by atoms with Gasteiger partial charge in [-0.2, -0.15) is 0 Å². The fourth-order valence-corrected chi connectivity index (χ4v) is 3.28. The van der Waals surface area contributed by atoms with E-state index < -0.39 is 5.97 Å². The highest BCUT2D eigenvalue weighted by molar-refractivity contribution is 6.14. The Morgan fingerprint density at radius 3 is 2.22 bits per heavy atom. The molecule has 0 fully saturated rings. The SMILES string of the molecule is COc1cc(OC)c(OC)cc1C=C1Oc2cc(OC(=O)c3ccccc3)ccc2C1=O. The van der Waals surface area contributed by atoms with Gasteiger partial charge in [-0.1, -0.05) is 18.2 Å². The molecule has 7 heteroatoms. The Morgan fingerprint density at radius 2 is 1.53 bits per heavy atom. The number of Topliss-reactive ketones (excluding diaryl/α,β-unsaturated/α-hetero) is 1. The molecule has 0 aliphatic carbocycles. The number of hydrogen-bond acceptors (Lipinski definition) is 7. The lowest BCUT2D eigenvalue weighted by molar-refractivity contribution is 0.0734. The van der Waals surface area contributed by atoms with E-state index in [9.17, 15) is 9.59 Å². The molecule has 0 aromatic heterocycles. The highest BCUT2D eigenvalue weighted by atomic mass is 16.5. The summed E-state index contributed by atoms with van der Waals surface area (Å²) in [6.07, 6.45) is 1.57. The number of ether oxygens (including phenoxy) is 5. The van der Waals surface area contributed by atoms with Crippen LogP contribution in [0.15, 0.2) is 66.4 Å². The smallest absolute Gasteiger partial charge is 0.343 e. The minimum absolute atomic E-state index is 0.108. The largest absolute Gasteiger partial charge is 0.496 e. The van der Waals surface area contributed by atoms with Crippen molar-refractivity contribution in [2.24, 2.45) is 0 Å². The molecule has 1 aliphatic heterocycles. The molecule has 1 aliphatic rings. The lowest BCUT2D eigenvalue weighted by atomic mass is 10.1. The quantitative estimate of drug-likeness (QED) is 0.321. The number of hydrogen-bond donors (Lipinski definition) is 0. The monoisotopic (exact) mass is 432 g/mol. The normalized spacial score (nSPS) is 13.3. The van der Waals surface area contributed by atoms with Gasteiger partial charge in [-0.05, 0) is 36.4 Å². The molecule has 0 spiro atoms. The Morgan fingerprint density at radius 1 is 0.844 bits per heavy atom. The number of benzene rings is 3. The molecule has 0 atom stereocenters. The second-order valence-electron chi connectivity index (χ2n) is 6.80. The average Bonchev–Trinajstić information content (AvgIpc) is 3.13. The first kappa shape index (κ1) is 21.0. The third kappa shape index (κ3) is 4.00. The third-order valence-electron chi connectivity index (χ3n) is 4.88. The molecule has 0 unspecified atom stereocenters. The Hall–Kier alpha value is -4.26. The van der Waals surface area contributed by atoms with Crippen molar-refractivity contribution < 1.29 is 33.3 Å². The summed E-state index contributed by atoms with van der Waals surface area (Å²) in [6, 6.07) is 16.6. The van der Waals surface area contributed by atoms with Crippen LogP contribution in [0.3, 0.4) is 0 Å². The summed E-state index contributed by atoms with van der Waals surface area (Å²) >= 11 is 0. The lowest BCUT2D eigenvalue weighted by Gasteiger charge is -2.12. The second-order valence-corrected chi connectivity index (χ2v) is 6.80. The fourth-order valence-electron chi connectivity index (χ4n) is 3.28. The zero-order valence-electron chi connectivity index (χ0n) is 17.7. The summed E-state index contributed by atoms with van der Waals surface area (Å²) in [6.45, 7) is 0. The fraction of sp³-hybridized carbons (Fsp3) is 0.120. The van der Waals surface area contributed by atoms with Crippen LogP contribution in [0.1, 0.15) is 26.3 Å². The van der Waals surface area contributed by atoms with Gasteiger partial charge in [0.05, 0.1) is 32.5 Å². The molecule has 162 valence electrons. The Labute approximate surface area is 184 Å². The van der Waals surface area contributed by atoms with Gasteiger partial charge in [0, 0.05) is 17.7 Å². The van der Waals surface area contributed by atoms with Gasteiger partial charge in [-0.25, -0.2) is 4.79 Å². The van der Waals surface area contributed by atoms with Crippen molar-refractivity contribution >= 4 is 17.8 Å². The number of carbonyl (C=O) groups is 2. The van der Waals surface area contributed by atoms with E-state index in [-0.39, 0.29) is 17.3 Å². The maximum absolute atomic E-state index is 12.8. The molecule has 3 aromatic carbocycles. The van der Waals surface area contributed by atoms with Crippen molar-refractivity contribution in [1.82, 2.24) is 0 Å². The van der Waals surface area contributed by atoms with Crippen LogP contribution in [0.4, 0.5) is 0 Å². The van der Waals surface area contributed by atoms with E-state index >= 15 is 0 Å². The molecule has 0 amide bonds. The van der Waals surface area contributed by atoms with Gasteiger partial charge in [0.15, 0.2) is 17.3 Å². The van der Waals surface area contributed by atoms with Gasteiger partial charge in [-0.15, -0.1) is 0 Å². The van der Waals surface area contributed by atoms with Crippen LogP contribution < -0.4 is 23.7 Å². The van der Waals surface area contributed by atoms with Crippen molar-refractivity contribution in [2.75, 3.05) is 21.3 Å². The maximum Gasteiger partial charge on any atom is 0.343 e. The van der Waals surface area contributed by atoms with Crippen LogP contribution in [0, 0.1) is 0 Å². The molecule has 3 aromatic rings. The predicted octanol–water partition coefficient (Wildman–Crippen LogP) is 4.55. The molecule has 0 bridgehead atoms. The summed E-state index contributed by atoms with van der Waals surface area (Å²) in [7, 11) is 4.56. The summed E-state index contributed by atoms with van der Waals surface area (Å²) in [4.78, 5) is 25.1. The van der Waals surface area contributed by atoms with Gasteiger partial charge in [0.25, 0.3) is 0 Å². The van der Waals surface area contributed by atoms with Gasteiger partial charge in [0.1, 0.15) is 17.2 Å². The molecule has 32 heavy (non-hydrogen) atoms. The number of carbonyl (C=O) groups excluding carboxylic acids is 2. The van der Waals surface area contributed by atoms with Gasteiger partial charge < -0.3 is 23.7 Å². The van der Waals surface area contributed by atoms with Crippen molar-refractivity contribution in [1.29, 1.82) is 0 Å². The standard InChI is InChI=1S/C25H20O7/c1-28-19-14-22(30-3)21(29-2)11-16(19)12-23-24(26)18-10-9-17(13-20(18)32-23)31-25(27)15-7-5-4-6-8-15/h4-14H,1-3H3. The molecule has 1 heterocycles. The number of esters is 1. The molecule has 0 saturated carbocycles. The van der Waals surface area contributed by atoms with Gasteiger partial charge in [-0.3, -0.25) is 4.79 Å². The molecule has 0 saturated heterocycles. The van der Waals surface area contributed by atoms with E-state index in [2.05, 4.69) is 0 Å². The van der Waals surface area contributed by atoms with Gasteiger partial charge >= 0.3 is 5.97 Å². The van der Waals surface area contributed by atoms with Crippen LogP contribution >= 0.6 is 0 Å². The highest BCUT2D eigenvalue weighted by Gasteiger charge is 2.28. The van der Waals surface area contributed by atoms with Crippen LogP contribution in [0.2, 0.25) is 0 Å². The summed E-state index contributed by atoms with van der Waals surface area (Å²) in [5, 5.41) is 0. The number of methoxy groups -OCH3 is 3. The predicted molar refractivity (Wildman–Crippen MR) is 117 cm³/mol. The minimum atomic E-state index is -0.499. The Bertz CT molecular complexity index is 1210. The van der Waals surface area contributed by atoms with E-state index in [0.29, 0.717) is 39.7 Å². The van der Waals surface area contributed by atoms with E-state index in [1.165, 1.54) is 27.4 Å². The zero-order valence-corrected chi connectivity index (χ0v) is 17.7. The number of fused-ring (bicyclic) bond motifs is 1. The number of rotatable bonds is 6. The molecule has 4 rings (SSSR count). The van der Waals surface area contributed by atoms with E-state index in [1.807, 2.05) is 6.07 Å². The van der Waals surface area contributed by atoms with Crippen LogP contribution in [0.5, 0.6) is 28.7 Å². The average molecular weight is 432 g/mol. The van der Waals surface area contributed by atoms with Crippen molar-refractivity contribution in [3.8, 4) is 28.7 Å². The first-order valence-corrected chi connectivity index (χ1v) is 9.69. The topological polar surface area (TPSA) is 80.3 Å². The lowest BCUT2D eigenvalue weighted by Crippen LogP contribution is -2.08. The van der Waals surface area contributed by atoms with E-state index in [4.69, 9.17) is 23.7 Å². The summed E-state index contributed by atoms with van der Waals surface area (Å²) in [5.41, 5.74) is 1.37. The zero-order chi connectivity index (χ0) is 22.7. The first-order valence-electron chi connectivity index (χ1n) is 9.69. The van der Waals surface area contributed by atoms with Crippen LogP contribution in [0.25, 0.3) is 6.08 Å². The van der Waals surface area contributed by atoms with E-state index in [0.717, 1.165) is 0 Å². The number of ketones is 1. The minimum Gasteiger partial charge on any atom is -0.496 e. The molecule has 0 N–H and O–H groups in total. The Balaban J connectivity index is 1.61. The van der Waals surface area contributed by atoms with Crippen molar-refractivity contribution in [3.63, 3.8) is 0 Å². The van der Waals surface area contributed by atoms with Gasteiger partial charge in [0.2, 0.25) is 5.78 Å². The van der Waals surface area contributed by atoms with Crippen molar-refractivity contribution in [2.45, 2.75) is 0 Å². The number of allylic oxidation sites excluding steroid dienone is 1. The first-order chi connectivity index (χ1) is 15.5. The Kier molecular flexibility index (Phi) is 5.81. The van der Waals surface area contributed by atoms with E-state index in [1.54, 1.807) is 54.6 Å². The highest BCUT2D eigenvalue weighted by Crippen LogP contribution is 2.39. The summed E-state index contributed by atoms with van der Waals surface area (Å²) < 4.78 is 27.2. The van der Waals surface area contributed by atoms with Crippen molar-refractivity contribution in [3.05, 3.63) is 83.1 Å². The summed E-state index contributed by atoms with van der Waals surface area (Å²) in [5.74, 6) is 1.36.